The molecule has 0 saturated heterocycles. The fourth-order valence-electron chi connectivity index (χ4n) is 2.03. The molecule has 0 spiro atoms. The van der Waals surface area contributed by atoms with Gasteiger partial charge in [0.25, 0.3) is 0 Å². The Balaban J connectivity index is 1.87. The van der Waals surface area contributed by atoms with E-state index >= 15 is 0 Å². The van der Waals surface area contributed by atoms with Crippen LogP contribution in [0.4, 0.5) is 0 Å². The minimum Gasteiger partial charge on any atom is -0.266 e. The summed E-state index contributed by atoms with van der Waals surface area (Å²) in [4.78, 5) is 1.31. The van der Waals surface area contributed by atoms with Gasteiger partial charge in [0, 0.05) is 17.3 Å². The van der Waals surface area contributed by atoms with E-state index in [1.54, 1.807) is 11.3 Å². The molecule has 1 aromatic carbocycles. The van der Waals surface area contributed by atoms with Gasteiger partial charge in [-0.15, -0.1) is 11.3 Å². The molecule has 0 bridgehead atoms. The zero-order valence-electron chi connectivity index (χ0n) is 10.2. The Kier molecular flexibility index (Phi) is 2.99. The molecule has 2 heterocycles. The number of rotatable bonds is 3. The largest absolute Gasteiger partial charge is 0.266 e. The van der Waals surface area contributed by atoms with E-state index in [9.17, 15) is 0 Å². The van der Waals surface area contributed by atoms with E-state index in [0.717, 1.165) is 0 Å². The van der Waals surface area contributed by atoms with Crippen molar-refractivity contribution in [1.29, 1.82) is 0 Å². The van der Waals surface area contributed by atoms with Gasteiger partial charge in [-0.1, -0.05) is 30.3 Å². The predicted octanol–water partition coefficient (Wildman–Crippen LogP) is 4.22. The summed E-state index contributed by atoms with van der Waals surface area (Å²) in [5.74, 6) is 0. The van der Waals surface area contributed by atoms with Crippen molar-refractivity contribution in [3.63, 3.8) is 0 Å². The molecule has 0 radical (unpaired) electrons. The molecule has 1 unspecified atom stereocenters. The first-order valence-corrected chi connectivity index (χ1v) is 6.85. The first-order chi connectivity index (χ1) is 8.84. The van der Waals surface area contributed by atoms with Gasteiger partial charge in [0.15, 0.2) is 0 Å². The maximum atomic E-state index is 4.28. The molecule has 0 aliphatic heterocycles. The minimum atomic E-state index is 0.275. The molecule has 0 aliphatic rings. The summed E-state index contributed by atoms with van der Waals surface area (Å²) >= 11 is 1.77. The van der Waals surface area contributed by atoms with Crippen LogP contribution in [0.1, 0.15) is 18.5 Å². The zero-order chi connectivity index (χ0) is 12.4. The Morgan fingerprint density at radius 1 is 1.11 bits per heavy atom. The van der Waals surface area contributed by atoms with E-state index in [1.165, 1.54) is 16.0 Å². The highest BCUT2D eigenvalue weighted by Gasteiger charge is 2.07. The van der Waals surface area contributed by atoms with Crippen LogP contribution < -0.4 is 0 Å². The highest BCUT2D eigenvalue weighted by atomic mass is 32.1. The average molecular weight is 254 g/mol. The molecule has 0 aliphatic carbocycles. The topological polar surface area (TPSA) is 17.8 Å². The van der Waals surface area contributed by atoms with Gasteiger partial charge >= 0.3 is 0 Å². The van der Waals surface area contributed by atoms with Gasteiger partial charge in [0.2, 0.25) is 0 Å². The number of hydrogen-bond donors (Lipinski definition) is 0. The van der Waals surface area contributed by atoms with E-state index in [4.69, 9.17) is 0 Å². The van der Waals surface area contributed by atoms with Crippen LogP contribution in [0.3, 0.4) is 0 Å². The molecule has 2 aromatic heterocycles. The van der Waals surface area contributed by atoms with E-state index < -0.39 is 0 Å². The van der Waals surface area contributed by atoms with Gasteiger partial charge in [-0.3, -0.25) is 4.68 Å². The third-order valence-electron chi connectivity index (χ3n) is 3.12. The van der Waals surface area contributed by atoms with Crippen molar-refractivity contribution in [2.75, 3.05) is 0 Å². The summed E-state index contributed by atoms with van der Waals surface area (Å²) in [5, 5.41) is 6.39. The van der Waals surface area contributed by atoms with Crippen LogP contribution in [-0.4, -0.2) is 9.78 Å². The Bertz CT molecular complexity index is 595. The standard InChI is InChI=1S/C15H14N2S/c1-12(17-10-3-9-16-17)13-5-7-14(8-6-13)15-4-2-11-18-15/h2-12H,1H3. The summed E-state index contributed by atoms with van der Waals surface area (Å²) in [6.45, 7) is 2.16. The van der Waals surface area contributed by atoms with Gasteiger partial charge in [0.1, 0.15) is 0 Å². The van der Waals surface area contributed by atoms with E-state index in [0.29, 0.717) is 0 Å². The van der Waals surface area contributed by atoms with Crippen LogP contribution in [0.25, 0.3) is 10.4 Å². The molecular weight excluding hydrogens is 240 g/mol. The molecular formula is C15H14N2S. The highest BCUT2D eigenvalue weighted by Crippen LogP contribution is 2.26. The summed E-state index contributed by atoms with van der Waals surface area (Å²) in [7, 11) is 0. The summed E-state index contributed by atoms with van der Waals surface area (Å²) in [6, 6.07) is 15.2. The van der Waals surface area contributed by atoms with Gasteiger partial charge in [-0.05, 0) is 35.6 Å². The zero-order valence-corrected chi connectivity index (χ0v) is 11.0. The Hall–Kier alpha value is -1.87. The van der Waals surface area contributed by atoms with Crippen molar-refractivity contribution in [3.8, 4) is 10.4 Å². The van der Waals surface area contributed by atoms with Crippen LogP contribution in [0.15, 0.2) is 60.2 Å². The van der Waals surface area contributed by atoms with Gasteiger partial charge in [-0.2, -0.15) is 5.10 Å². The monoisotopic (exact) mass is 254 g/mol. The predicted molar refractivity (Wildman–Crippen MR) is 75.8 cm³/mol. The lowest BCUT2D eigenvalue weighted by molar-refractivity contribution is 0.564. The third-order valence-corrected chi connectivity index (χ3v) is 4.04. The van der Waals surface area contributed by atoms with Crippen molar-refractivity contribution in [3.05, 3.63) is 65.8 Å². The maximum absolute atomic E-state index is 4.28. The molecule has 0 amide bonds. The smallest absolute Gasteiger partial charge is 0.0740 e. The van der Waals surface area contributed by atoms with Crippen LogP contribution in [-0.2, 0) is 0 Å². The Morgan fingerprint density at radius 3 is 2.56 bits per heavy atom. The number of thiophene rings is 1. The summed E-state index contributed by atoms with van der Waals surface area (Å²) in [5.41, 5.74) is 2.56. The fraction of sp³-hybridized carbons (Fsp3) is 0.133. The van der Waals surface area contributed by atoms with Gasteiger partial charge in [-0.25, -0.2) is 0 Å². The van der Waals surface area contributed by atoms with Crippen molar-refractivity contribution < 1.29 is 0 Å². The second kappa shape index (κ2) is 4.78. The lowest BCUT2D eigenvalue weighted by Crippen LogP contribution is -2.06. The van der Waals surface area contributed by atoms with Crippen LogP contribution in [0.5, 0.6) is 0 Å². The molecule has 18 heavy (non-hydrogen) atoms. The van der Waals surface area contributed by atoms with E-state index in [-0.39, 0.29) is 6.04 Å². The minimum absolute atomic E-state index is 0.275. The summed E-state index contributed by atoms with van der Waals surface area (Å²) < 4.78 is 1.97. The molecule has 1 atom stereocenters. The molecule has 0 fully saturated rings. The fourth-order valence-corrected chi connectivity index (χ4v) is 2.76. The van der Waals surface area contributed by atoms with Crippen molar-refractivity contribution in [2.24, 2.45) is 0 Å². The first-order valence-electron chi connectivity index (χ1n) is 5.97. The normalized spacial score (nSPS) is 12.5. The number of benzene rings is 1. The second-order valence-corrected chi connectivity index (χ2v) is 5.21. The lowest BCUT2D eigenvalue weighted by atomic mass is 10.1. The molecule has 3 heteroatoms. The quantitative estimate of drug-likeness (QED) is 0.684. The molecule has 90 valence electrons. The Labute approximate surface area is 111 Å². The van der Waals surface area contributed by atoms with E-state index in [1.807, 2.05) is 23.1 Å². The molecule has 0 saturated carbocycles. The van der Waals surface area contributed by atoms with Gasteiger partial charge in [0.05, 0.1) is 6.04 Å². The van der Waals surface area contributed by atoms with Gasteiger partial charge < -0.3 is 0 Å². The first kappa shape index (κ1) is 11.2. The average Bonchev–Trinajstić information content (AvgIpc) is 3.11. The maximum Gasteiger partial charge on any atom is 0.0740 e. The molecule has 3 aromatic rings. The second-order valence-electron chi connectivity index (χ2n) is 4.26. The number of nitrogens with zero attached hydrogens (tertiary/aromatic N) is 2. The molecule has 2 nitrogen and oxygen atoms in total. The molecule has 0 N–H and O–H groups in total. The highest BCUT2D eigenvalue weighted by molar-refractivity contribution is 7.13. The van der Waals surface area contributed by atoms with E-state index in [2.05, 4.69) is 53.8 Å². The van der Waals surface area contributed by atoms with Crippen LogP contribution in [0, 0.1) is 0 Å². The van der Waals surface area contributed by atoms with Crippen LogP contribution >= 0.6 is 11.3 Å². The molecule has 3 rings (SSSR count). The third kappa shape index (κ3) is 2.09. The summed E-state index contributed by atoms with van der Waals surface area (Å²) in [6.07, 6.45) is 3.81. The Morgan fingerprint density at radius 2 is 1.94 bits per heavy atom. The van der Waals surface area contributed by atoms with Crippen molar-refractivity contribution in [1.82, 2.24) is 9.78 Å². The lowest BCUT2D eigenvalue weighted by Gasteiger charge is -2.12. The SMILES string of the molecule is CC(c1ccc(-c2cccs2)cc1)n1cccn1. The number of hydrogen-bond acceptors (Lipinski definition) is 2. The number of aromatic nitrogens is 2. The van der Waals surface area contributed by atoms with Crippen molar-refractivity contribution >= 4 is 11.3 Å². The van der Waals surface area contributed by atoms with Crippen molar-refractivity contribution in [2.45, 2.75) is 13.0 Å². The van der Waals surface area contributed by atoms with Crippen LogP contribution in [0.2, 0.25) is 0 Å².